The molecule has 0 aliphatic heterocycles. The number of benzene rings is 2. The molecular weight excluding hydrogens is 389 g/mol. The quantitative estimate of drug-likeness (QED) is 0.479. The van der Waals surface area contributed by atoms with Crippen molar-refractivity contribution in [2.24, 2.45) is 7.05 Å². The van der Waals surface area contributed by atoms with Gasteiger partial charge < -0.3 is 9.30 Å². The van der Waals surface area contributed by atoms with Crippen molar-refractivity contribution in [3.8, 4) is 5.75 Å². The summed E-state index contributed by atoms with van der Waals surface area (Å²) >= 11 is 13.8. The molecule has 1 heterocycles. The minimum atomic E-state index is -0.234. The van der Waals surface area contributed by atoms with Crippen LogP contribution in [0.2, 0.25) is 10.0 Å². The fourth-order valence-corrected chi connectivity index (χ4v) is 3.98. The molecule has 0 amide bonds. The third kappa shape index (κ3) is 4.34. The number of hydrogen-bond acceptors (Lipinski definition) is 4. The van der Waals surface area contributed by atoms with Crippen LogP contribution < -0.4 is 4.74 Å². The SMILES string of the molecule is Cc1cc(Cl)ccc1OC(C)c1nnc(SCc2ccccc2Cl)n1C. The molecule has 3 aromatic rings. The zero-order valence-electron chi connectivity index (χ0n) is 14.7. The Labute approximate surface area is 167 Å². The van der Waals surface area contributed by atoms with Gasteiger partial charge in [0.05, 0.1) is 0 Å². The molecule has 0 fully saturated rings. The molecule has 1 unspecified atom stereocenters. The number of hydrogen-bond donors (Lipinski definition) is 0. The van der Waals surface area contributed by atoms with E-state index in [0.717, 1.165) is 38.6 Å². The van der Waals surface area contributed by atoms with Crippen LogP contribution in [0.5, 0.6) is 5.75 Å². The zero-order valence-corrected chi connectivity index (χ0v) is 17.1. The molecule has 0 N–H and O–H groups in total. The van der Waals surface area contributed by atoms with E-state index in [9.17, 15) is 0 Å². The molecule has 7 heteroatoms. The topological polar surface area (TPSA) is 39.9 Å². The number of nitrogens with zero attached hydrogens (tertiary/aromatic N) is 3. The van der Waals surface area contributed by atoms with Crippen LogP contribution in [0, 0.1) is 6.92 Å². The second-order valence-electron chi connectivity index (χ2n) is 5.95. The standard InChI is InChI=1S/C19H19Cl2N3OS/c1-12-10-15(20)8-9-17(12)25-13(2)18-22-23-19(24(18)3)26-11-14-6-4-5-7-16(14)21/h4-10,13H,11H2,1-3H3. The van der Waals surface area contributed by atoms with Gasteiger partial charge in [0.25, 0.3) is 0 Å². The Balaban J connectivity index is 1.70. The number of rotatable bonds is 6. The van der Waals surface area contributed by atoms with Crippen LogP contribution in [0.25, 0.3) is 0 Å². The second-order valence-corrected chi connectivity index (χ2v) is 7.74. The lowest BCUT2D eigenvalue weighted by Gasteiger charge is -2.16. The fraction of sp³-hybridized carbons (Fsp3) is 0.263. The van der Waals surface area contributed by atoms with Crippen LogP contribution in [-0.4, -0.2) is 14.8 Å². The Kier molecular flexibility index (Phi) is 6.12. The van der Waals surface area contributed by atoms with Gasteiger partial charge in [-0.2, -0.15) is 0 Å². The van der Waals surface area contributed by atoms with E-state index in [2.05, 4.69) is 10.2 Å². The van der Waals surface area contributed by atoms with Gasteiger partial charge in [-0.15, -0.1) is 10.2 Å². The average molecular weight is 408 g/mol. The monoisotopic (exact) mass is 407 g/mol. The first-order chi connectivity index (χ1) is 12.5. The second kappa shape index (κ2) is 8.33. The van der Waals surface area contributed by atoms with Gasteiger partial charge in [0.1, 0.15) is 5.75 Å². The van der Waals surface area contributed by atoms with Crippen molar-refractivity contribution in [1.29, 1.82) is 0 Å². The first-order valence-electron chi connectivity index (χ1n) is 8.14. The fourth-order valence-electron chi connectivity index (χ4n) is 2.55. The van der Waals surface area contributed by atoms with E-state index in [0.29, 0.717) is 5.02 Å². The number of aromatic nitrogens is 3. The highest BCUT2D eigenvalue weighted by Crippen LogP contribution is 2.29. The number of aryl methyl sites for hydroxylation is 1. The van der Waals surface area contributed by atoms with Crippen molar-refractivity contribution in [1.82, 2.24) is 14.8 Å². The summed E-state index contributed by atoms with van der Waals surface area (Å²) < 4.78 is 8.01. The Morgan fingerprint density at radius 2 is 1.92 bits per heavy atom. The van der Waals surface area contributed by atoms with Gasteiger partial charge >= 0.3 is 0 Å². The molecule has 4 nitrogen and oxygen atoms in total. The molecule has 0 bridgehead atoms. The smallest absolute Gasteiger partial charge is 0.191 e. The van der Waals surface area contributed by atoms with Gasteiger partial charge in [0.15, 0.2) is 17.1 Å². The summed E-state index contributed by atoms with van der Waals surface area (Å²) in [5, 5.41) is 10.9. The predicted octanol–water partition coefficient (Wildman–Crippen LogP) is 5.86. The first-order valence-corrected chi connectivity index (χ1v) is 9.88. The maximum atomic E-state index is 6.22. The lowest BCUT2D eigenvalue weighted by Crippen LogP contribution is -2.10. The largest absolute Gasteiger partial charge is 0.482 e. The van der Waals surface area contributed by atoms with Crippen molar-refractivity contribution in [2.45, 2.75) is 30.9 Å². The third-order valence-corrected chi connectivity index (χ3v) is 5.66. The van der Waals surface area contributed by atoms with E-state index in [1.54, 1.807) is 11.8 Å². The highest BCUT2D eigenvalue weighted by molar-refractivity contribution is 7.98. The van der Waals surface area contributed by atoms with Crippen molar-refractivity contribution in [3.05, 3.63) is 69.5 Å². The summed E-state index contributed by atoms with van der Waals surface area (Å²) in [6.45, 7) is 3.93. The molecule has 0 saturated carbocycles. The summed E-state index contributed by atoms with van der Waals surface area (Å²) in [6, 6.07) is 13.4. The van der Waals surface area contributed by atoms with Crippen LogP contribution in [0.15, 0.2) is 47.6 Å². The molecule has 136 valence electrons. The minimum absolute atomic E-state index is 0.234. The predicted molar refractivity (Wildman–Crippen MR) is 107 cm³/mol. The van der Waals surface area contributed by atoms with Gasteiger partial charge in [-0.05, 0) is 49.2 Å². The van der Waals surface area contributed by atoms with Gasteiger partial charge in [0.2, 0.25) is 0 Å². The molecule has 1 atom stereocenters. The summed E-state index contributed by atoms with van der Waals surface area (Å²) in [5.74, 6) is 2.29. The van der Waals surface area contributed by atoms with Gasteiger partial charge in [-0.1, -0.05) is 53.2 Å². The van der Waals surface area contributed by atoms with E-state index < -0.39 is 0 Å². The minimum Gasteiger partial charge on any atom is -0.482 e. The summed E-state index contributed by atoms with van der Waals surface area (Å²) in [6.07, 6.45) is -0.234. The van der Waals surface area contributed by atoms with Gasteiger partial charge in [-0.25, -0.2) is 0 Å². The van der Waals surface area contributed by atoms with Crippen molar-refractivity contribution >= 4 is 35.0 Å². The van der Waals surface area contributed by atoms with Crippen LogP contribution in [-0.2, 0) is 12.8 Å². The Bertz CT molecular complexity index is 914. The Morgan fingerprint density at radius 3 is 2.65 bits per heavy atom. The van der Waals surface area contributed by atoms with Crippen LogP contribution in [0.1, 0.15) is 30.0 Å². The third-order valence-electron chi connectivity index (χ3n) is 3.99. The number of thioether (sulfide) groups is 1. The van der Waals surface area contributed by atoms with E-state index in [1.807, 2.05) is 67.9 Å². The number of ether oxygens (including phenoxy) is 1. The highest BCUT2D eigenvalue weighted by Gasteiger charge is 2.18. The zero-order chi connectivity index (χ0) is 18.7. The molecule has 0 radical (unpaired) electrons. The van der Waals surface area contributed by atoms with Crippen LogP contribution in [0.3, 0.4) is 0 Å². The molecule has 0 spiro atoms. The summed E-state index contributed by atoms with van der Waals surface area (Å²) in [4.78, 5) is 0. The van der Waals surface area contributed by atoms with E-state index in [-0.39, 0.29) is 6.10 Å². The molecule has 3 rings (SSSR count). The molecule has 0 aliphatic carbocycles. The molecule has 1 aromatic heterocycles. The Hall–Kier alpha value is -1.69. The van der Waals surface area contributed by atoms with Crippen LogP contribution in [0.4, 0.5) is 0 Å². The number of halogens is 2. The van der Waals surface area contributed by atoms with Gasteiger partial charge in [-0.3, -0.25) is 0 Å². The van der Waals surface area contributed by atoms with Crippen molar-refractivity contribution in [2.75, 3.05) is 0 Å². The lowest BCUT2D eigenvalue weighted by atomic mass is 10.2. The van der Waals surface area contributed by atoms with Gasteiger partial charge in [0, 0.05) is 22.8 Å². The van der Waals surface area contributed by atoms with E-state index in [4.69, 9.17) is 27.9 Å². The average Bonchev–Trinajstić information content (AvgIpc) is 2.97. The lowest BCUT2D eigenvalue weighted by molar-refractivity contribution is 0.210. The van der Waals surface area contributed by atoms with E-state index >= 15 is 0 Å². The summed E-state index contributed by atoms with van der Waals surface area (Å²) in [7, 11) is 1.94. The molecule has 2 aromatic carbocycles. The van der Waals surface area contributed by atoms with Crippen molar-refractivity contribution in [3.63, 3.8) is 0 Å². The van der Waals surface area contributed by atoms with Crippen LogP contribution >= 0.6 is 35.0 Å². The Morgan fingerprint density at radius 1 is 1.15 bits per heavy atom. The maximum Gasteiger partial charge on any atom is 0.191 e. The molecule has 0 saturated heterocycles. The molecule has 26 heavy (non-hydrogen) atoms. The summed E-state index contributed by atoms with van der Waals surface area (Å²) in [5.41, 5.74) is 2.06. The molecular formula is C19H19Cl2N3OS. The van der Waals surface area contributed by atoms with Crippen molar-refractivity contribution < 1.29 is 4.74 Å². The van der Waals surface area contributed by atoms with E-state index in [1.165, 1.54) is 0 Å². The first kappa shape index (κ1) is 19.1. The highest BCUT2D eigenvalue weighted by atomic mass is 35.5. The maximum absolute atomic E-state index is 6.22. The molecule has 0 aliphatic rings. The normalized spacial score (nSPS) is 12.2.